The van der Waals surface area contributed by atoms with Crippen LogP contribution in [-0.2, 0) is 0 Å². The van der Waals surface area contributed by atoms with Gasteiger partial charge in [-0.15, -0.1) is 0 Å². The molecule has 0 aliphatic rings. The summed E-state index contributed by atoms with van der Waals surface area (Å²) in [4.78, 5) is 0. The Balaban J connectivity index is 2.51. The molecule has 70 valence electrons. The molecule has 2 aromatic carbocycles. The molecular formula is C12H11ClSi. The van der Waals surface area contributed by atoms with Gasteiger partial charge in [0.15, 0.2) is 8.83 Å². The van der Waals surface area contributed by atoms with E-state index in [-0.39, 0.29) is 0 Å². The van der Waals surface area contributed by atoms with Gasteiger partial charge in [0.2, 0.25) is 0 Å². The summed E-state index contributed by atoms with van der Waals surface area (Å²) in [5.41, 5.74) is 2.55. The molecule has 2 aromatic rings. The van der Waals surface area contributed by atoms with Crippen molar-refractivity contribution in [3.63, 3.8) is 0 Å². The SMILES string of the molecule is Cl[SiH2]c1ccccc1-c1ccccc1. The normalized spacial score (nSPS) is 10.9. The van der Waals surface area contributed by atoms with Crippen molar-refractivity contribution in [1.29, 1.82) is 0 Å². The summed E-state index contributed by atoms with van der Waals surface area (Å²) in [5, 5.41) is 1.32. The minimum absolute atomic E-state index is 0.609. The van der Waals surface area contributed by atoms with Crippen LogP contribution in [0, 0.1) is 0 Å². The first-order valence-corrected chi connectivity index (χ1v) is 7.45. The third kappa shape index (κ3) is 1.89. The second-order valence-corrected chi connectivity index (χ2v) is 4.99. The van der Waals surface area contributed by atoms with E-state index >= 15 is 0 Å². The second kappa shape index (κ2) is 4.44. The maximum absolute atomic E-state index is 6.02. The van der Waals surface area contributed by atoms with Crippen LogP contribution in [0.1, 0.15) is 0 Å². The smallest absolute Gasteiger partial charge is 0.156 e. The molecular weight excluding hydrogens is 208 g/mol. The molecule has 0 fully saturated rings. The highest BCUT2D eigenvalue weighted by atomic mass is 35.6. The van der Waals surface area contributed by atoms with Crippen LogP contribution in [-0.4, -0.2) is 8.83 Å². The van der Waals surface area contributed by atoms with E-state index in [0.29, 0.717) is 0 Å². The van der Waals surface area contributed by atoms with Crippen molar-refractivity contribution >= 4 is 25.1 Å². The highest BCUT2D eigenvalue weighted by Crippen LogP contribution is 2.16. The lowest BCUT2D eigenvalue weighted by molar-refractivity contribution is 1.65. The Kier molecular flexibility index (Phi) is 3.02. The Morgan fingerprint density at radius 2 is 1.43 bits per heavy atom. The molecule has 0 N–H and O–H groups in total. The highest BCUT2D eigenvalue weighted by molar-refractivity contribution is 7.01. The lowest BCUT2D eigenvalue weighted by atomic mass is 10.1. The van der Waals surface area contributed by atoms with Crippen molar-refractivity contribution in [3.05, 3.63) is 54.6 Å². The van der Waals surface area contributed by atoms with Crippen molar-refractivity contribution in [2.24, 2.45) is 0 Å². The predicted octanol–water partition coefficient (Wildman–Crippen LogP) is 2.30. The molecule has 0 aromatic heterocycles. The molecule has 0 spiro atoms. The molecule has 0 saturated carbocycles. The third-order valence-corrected chi connectivity index (χ3v) is 4.01. The molecule has 2 rings (SSSR count). The number of rotatable bonds is 2. The monoisotopic (exact) mass is 218 g/mol. The Bertz CT molecular complexity index is 412. The fourth-order valence-corrected chi connectivity index (χ4v) is 2.93. The van der Waals surface area contributed by atoms with Crippen molar-refractivity contribution in [1.82, 2.24) is 0 Å². The maximum Gasteiger partial charge on any atom is 0.156 e. The number of hydrogen-bond acceptors (Lipinski definition) is 0. The first-order valence-electron chi connectivity index (χ1n) is 4.61. The molecule has 0 heterocycles. The Hall–Kier alpha value is -1.05. The largest absolute Gasteiger partial charge is 0.170 e. The third-order valence-electron chi connectivity index (χ3n) is 2.25. The number of hydrogen-bond donors (Lipinski definition) is 0. The summed E-state index contributed by atoms with van der Waals surface area (Å²) < 4.78 is 0. The van der Waals surface area contributed by atoms with Gasteiger partial charge in [0.25, 0.3) is 0 Å². The number of halogens is 1. The van der Waals surface area contributed by atoms with Gasteiger partial charge in [-0.25, -0.2) is 0 Å². The topological polar surface area (TPSA) is 0 Å². The van der Waals surface area contributed by atoms with Gasteiger partial charge in [-0.05, 0) is 16.3 Å². The zero-order chi connectivity index (χ0) is 9.80. The molecule has 0 aliphatic heterocycles. The molecule has 0 aliphatic carbocycles. The molecule has 0 nitrogen and oxygen atoms in total. The first kappa shape index (κ1) is 9.50. The van der Waals surface area contributed by atoms with Gasteiger partial charge < -0.3 is 0 Å². The van der Waals surface area contributed by atoms with Crippen LogP contribution >= 0.6 is 11.1 Å². The first-order chi connectivity index (χ1) is 6.92. The van der Waals surface area contributed by atoms with Crippen LogP contribution in [0.4, 0.5) is 0 Å². The van der Waals surface area contributed by atoms with Crippen LogP contribution < -0.4 is 5.19 Å². The summed E-state index contributed by atoms with van der Waals surface area (Å²) in [6.45, 7) is 0. The summed E-state index contributed by atoms with van der Waals surface area (Å²) in [7, 11) is -0.609. The Morgan fingerprint density at radius 1 is 0.786 bits per heavy atom. The van der Waals surface area contributed by atoms with Crippen LogP contribution in [0.2, 0.25) is 0 Å². The minimum atomic E-state index is -0.609. The molecule has 0 amide bonds. The van der Waals surface area contributed by atoms with Crippen LogP contribution in [0.3, 0.4) is 0 Å². The second-order valence-electron chi connectivity index (χ2n) is 3.16. The van der Waals surface area contributed by atoms with Crippen LogP contribution in [0.5, 0.6) is 0 Å². The van der Waals surface area contributed by atoms with Gasteiger partial charge in [0.1, 0.15) is 0 Å². The molecule has 14 heavy (non-hydrogen) atoms. The van der Waals surface area contributed by atoms with E-state index in [1.807, 2.05) is 6.07 Å². The fourth-order valence-electron chi connectivity index (χ4n) is 1.54. The van der Waals surface area contributed by atoms with Crippen LogP contribution in [0.15, 0.2) is 54.6 Å². The van der Waals surface area contributed by atoms with Crippen LogP contribution in [0.25, 0.3) is 11.1 Å². The van der Waals surface area contributed by atoms with Crippen molar-refractivity contribution in [2.45, 2.75) is 0 Å². The molecule has 0 unspecified atom stereocenters. The zero-order valence-electron chi connectivity index (χ0n) is 7.78. The Morgan fingerprint density at radius 3 is 2.14 bits per heavy atom. The summed E-state index contributed by atoms with van der Waals surface area (Å²) in [6.07, 6.45) is 0. The van der Waals surface area contributed by atoms with E-state index in [9.17, 15) is 0 Å². The highest BCUT2D eigenvalue weighted by Gasteiger charge is 2.01. The van der Waals surface area contributed by atoms with Gasteiger partial charge >= 0.3 is 0 Å². The molecule has 0 saturated heterocycles. The summed E-state index contributed by atoms with van der Waals surface area (Å²) in [6, 6.07) is 18.8. The average Bonchev–Trinajstić information content (AvgIpc) is 2.30. The van der Waals surface area contributed by atoms with Gasteiger partial charge in [-0.2, -0.15) is 11.1 Å². The van der Waals surface area contributed by atoms with E-state index in [1.54, 1.807) is 0 Å². The van der Waals surface area contributed by atoms with Gasteiger partial charge in [0.05, 0.1) is 0 Å². The lowest BCUT2D eigenvalue weighted by Gasteiger charge is -2.05. The molecule has 0 bridgehead atoms. The van der Waals surface area contributed by atoms with E-state index in [1.165, 1.54) is 16.3 Å². The summed E-state index contributed by atoms with van der Waals surface area (Å²) in [5.74, 6) is 0. The van der Waals surface area contributed by atoms with E-state index in [4.69, 9.17) is 11.1 Å². The standard InChI is InChI=1S/C12H11ClSi/c13-14-12-9-5-4-8-11(12)10-6-2-1-3-7-10/h1-9H,14H2. The van der Waals surface area contributed by atoms with Gasteiger partial charge in [-0.1, -0.05) is 54.6 Å². The lowest BCUT2D eigenvalue weighted by Crippen LogP contribution is -2.11. The zero-order valence-corrected chi connectivity index (χ0v) is 9.95. The number of benzene rings is 2. The fraction of sp³-hybridized carbons (Fsp3) is 0. The van der Waals surface area contributed by atoms with Crippen molar-refractivity contribution < 1.29 is 0 Å². The summed E-state index contributed by atoms with van der Waals surface area (Å²) >= 11 is 6.02. The quantitative estimate of drug-likeness (QED) is 0.536. The van der Waals surface area contributed by atoms with E-state index in [2.05, 4.69) is 48.5 Å². The average molecular weight is 219 g/mol. The maximum atomic E-state index is 6.02. The van der Waals surface area contributed by atoms with Gasteiger partial charge in [0, 0.05) is 0 Å². The van der Waals surface area contributed by atoms with Crippen molar-refractivity contribution in [2.75, 3.05) is 0 Å². The molecule has 2 heteroatoms. The van der Waals surface area contributed by atoms with Crippen molar-refractivity contribution in [3.8, 4) is 11.1 Å². The minimum Gasteiger partial charge on any atom is -0.170 e. The molecule has 0 radical (unpaired) electrons. The van der Waals surface area contributed by atoms with E-state index < -0.39 is 8.83 Å². The van der Waals surface area contributed by atoms with Gasteiger partial charge in [-0.3, -0.25) is 0 Å². The molecule has 0 atom stereocenters. The predicted molar refractivity (Wildman–Crippen MR) is 65.9 cm³/mol. The van der Waals surface area contributed by atoms with E-state index in [0.717, 1.165) is 0 Å². The Labute approximate surface area is 91.1 Å².